The van der Waals surface area contributed by atoms with Crippen molar-refractivity contribution in [1.29, 1.82) is 0 Å². The Morgan fingerprint density at radius 1 is 1.04 bits per heavy atom. The number of nitrogens with zero attached hydrogens (tertiary/aromatic N) is 2. The first-order chi connectivity index (χ1) is 12.3. The minimum absolute atomic E-state index is 0.0690. The number of aromatic nitrogens is 2. The van der Waals surface area contributed by atoms with Gasteiger partial charge in [0.05, 0.1) is 4.88 Å². The number of anilines is 1. The fraction of sp³-hybridized carbons (Fsp3) is 0.316. The van der Waals surface area contributed by atoms with E-state index in [2.05, 4.69) is 33.7 Å². The number of fused-ring (bicyclic) bond motifs is 1. The van der Waals surface area contributed by atoms with Gasteiger partial charge in [-0.2, -0.15) is 0 Å². The SMILES string of the molecule is O=C(Nc1nnc(Cc2ccccc2)s1)c1cc2c(s1)CCCCC2. The molecular formula is C19H19N3OS2. The molecule has 6 heteroatoms. The van der Waals surface area contributed by atoms with Gasteiger partial charge >= 0.3 is 0 Å². The van der Waals surface area contributed by atoms with Crippen molar-refractivity contribution in [1.82, 2.24) is 10.2 Å². The van der Waals surface area contributed by atoms with E-state index in [1.807, 2.05) is 18.2 Å². The number of carbonyl (C=O) groups excluding carboxylic acids is 1. The Kier molecular flexibility index (Phi) is 4.90. The van der Waals surface area contributed by atoms with Crippen LogP contribution in [0.1, 0.15) is 49.9 Å². The third-order valence-electron chi connectivity index (χ3n) is 4.36. The predicted molar refractivity (Wildman–Crippen MR) is 103 cm³/mol. The van der Waals surface area contributed by atoms with Gasteiger partial charge in [-0.1, -0.05) is 48.1 Å². The van der Waals surface area contributed by atoms with Gasteiger partial charge in [0.1, 0.15) is 5.01 Å². The Morgan fingerprint density at radius 3 is 2.76 bits per heavy atom. The summed E-state index contributed by atoms with van der Waals surface area (Å²) >= 11 is 3.07. The number of carbonyl (C=O) groups is 1. The van der Waals surface area contributed by atoms with Gasteiger partial charge in [-0.15, -0.1) is 21.5 Å². The van der Waals surface area contributed by atoms with Crippen LogP contribution in [0.4, 0.5) is 5.13 Å². The van der Waals surface area contributed by atoms with Crippen LogP contribution in [0.25, 0.3) is 0 Å². The van der Waals surface area contributed by atoms with Crippen LogP contribution in [0.3, 0.4) is 0 Å². The van der Waals surface area contributed by atoms with E-state index < -0.39 is 0 Å². The van der Waals surface area contributed by atoms with E-state index in [-0.39, 0.29) is 5.91 Å². The second kappa shape index (κ2) is 7.45. The molecule has 0 bridgehead atoms. The van der Waals surface area contributed by atoms with Gasteiger partial charge in [0.2, 0.25) is 5.13 Å². The summed E-state index contributed by atoms with van der Waals surface area (Å²) in [6, 6.07) is 12.2. The molecule has 4 nitrogen and oxygen atoms in total. The molecule has 3 aromatic rings. The van der Waals surface area contributed by atoms with E-state index in [1.54, 1.807) is 11.3 Å². The molecule has 0 fully saturated rings. The summed E-state index contributed by atoms with van der Waals surface area (Å²) in [5.41, 5.74) is 2.55. The molecule has 0 radical (unpaired) electrons. The number of nitrogens with one attached hydrogen (secondary N) is 1. The van der Waals surface area contributed by atoms with E-state index in [1.165, 1.54) is 46.6 Å². The zero-order valence-corrected chi connectivity index (χ0v) is 15.5. The maximum Gasteiger partial charge on any atom is 0.267 e. The van der Waals surface area contributed by atoms with Crippen LogP contribution in [-0.2, 0) is 19.3 Å². The highest BCUT2D eigenvalue weighted by Crippen LogP contribution is 2.29. The lowest BCUT2D eigenvalue weighted by atomic mass is 10.1. The first-order valence-electron chi connectivity index (χ1n) is 8.57. The summed E-state index contributed by atoms with van der Waals surface area (Å²) in [6.07, 6.45) is 6.68. The van der Waals surface area contributed by atoms with Crippen molar-refractivity contribution in [3.63, 3.8) is 0 Å². The fourth-order valence-electron chi connectivity index (χ4n) is 3.08. The molecule has 0 aliphatic heterocycles. The summed E-state index contributed by atoms with van der Waals surface area (Å²) < 4.78 is 0. The Balaban J connectivity index is 1.43. The number of amides is 1. The second-order valence-electron chi connectivity index (χ2n) is 6.24. The van der Waals surface area contributed by atoms with Crippen LogP contribution >= 0.6 is 22.7 Å². The van der Waals surface area contributed by atoms with Crippen LogP contribution in [0.2, 0.25) is 0 Å². The normalized spacial score (nSPS) is 13.9. The number of aryl methyl sites for hydroxylation is 2. The fourth-order valence-corrected chi connectivity index (χ4v) is 5.00. The maximum atomic E-state index is 12.5. The molecule has 1 amide bonds. The second-order valence-corrected chi connectivity index (χ2v) is 8.44. The highest BCUT2D eigenvalue weighted by atomic mass is 32.1. The largest absolute Gasteiger partial charge is 0.296 e. The molecule has 1 N–H and O–H groups in total. The monoisotopic (exact) mass is 369 g/mol. The number of hydrogen-bond acceptors (Lipinski definition) is 5. The van der Waals surface area contributed by atoms with Crippen LogP contribution in [0, 0.1) is 0 Å². The molecule has 0 spiro atoms. The third-order valence-corrected chi connectivity index (χ3v) is 6.43. The van der Waals surface area contributed by atoms with Gasteiger partial charge in [-0.25, -0.2) is 0 Å². The molecule has 25 heavy (non-hydrogen) atoms. The van der Waals surface area contributed by atoms with Crippen molar-refractivity contribution in [2.75, 3.05) is 5.32 Å². The Hall–Kier alpha value is -2.05. The quantitative estimate of drug-likeness (QED) is 0.678. The first kappa shape index (κ1) is 16.4. The highest BCUT2D eigenvalue weighted by molar-refractivity contribution is 7.16. The van der Waals surface area contributed by atoms with Gasteiger partial charge in [-0.3, -0.25) is 10.1 Å². The van der Waals surface area contributed by atoms with E-state index >= 15 is 0 Å². The average molecular weight is 370 g/mol. The molecule has 1 aliphatic rings. The average Bonchev–Trinajstić information content (AvgIpc) is 3.17. The number of hydrogen-bond donors (Lipinski definition) is 1. The van der Waals surface area contributed by atoms with Crippen LogP contribution < -0.4 is 5.32 Å². The van der Waals surface area contributed by atoms with Crippen LogP contribution in [-0.4, -0.2) is 16.1 Å². The van der Waals surface area contributed by atoms with Gasteiger partial charge in [0.25, 0.3) is 5.91 Å². The van der Waals surface area contributed by atoms with Crippen LogP contribution in [0.15, 0.2) is 36.4 Å². The molecule has 0 saturated carbocycles. The lowest BCUT2D eigenvalue weighted by Crippen LogP contribution is -2.09. The Labute approximate surface area is 154 Å². The predicted octanol–water partition coefficient (Wildman–Crippen LogP) is 4.71. The molecule has 0 unspecified atom stereocenters. The van der Waals surface area contributed by atoms with Gasteiger partial charge in [-0.05, 0) is 42.9 Å². The van der Waals surface area contributed by atoms with Crippen molar-refractivity contribution in [2.24, 2.45) is 0 Å². The van der Waals surface area contributed by atoms with Crippen LogP contribution in [0.5, 0.6) is 0 Å². The molecule has 1 aromatic carbocycles. The van der Waals surface area contributed by atoms with Crippen molar-refractivity contribution in [3.05, 3.63) is 62.3 Å². The first-order valence-corrected chi connectivity index (χ1v) is 10.2. The molecular weight excluding hydrogens is 350 g/mol. The van der Waals surface area contributed by atoms with Crippen molar-refractivity contribution in [3.8, 4) is 0 Å². The van der Waals surface area contributed by atoms with E-state index in [9.17, 15) is 4.79 Å². The summed E-state index contributed by atoms with van der Waals surface area (Å²) in [5.74, 6) is -0.0690. The maximum absolute atomic E-state index is 12.5. The van der Waals surface area contributed by atoms with Crippen molar-refractivity contribution >= 4 is 33.7 Å². The van der Waals surface area contributed by atoms with E-state index in [4.69, 9.17) is 0 Å². The zero-order valence-electron chi connectivity index (χ0n) is 13.8. The Morgan fingerprint density at radius 2 is 1.88 bits per heavy atom. The highest BCUT2D eigenvalue weighted by Gasteiger charge is 2.17. The lowest BCUT2D eigenvalue weighted by molar-refractivity contribution is 0.103. The van der Waals surface area contributed by atoms with Crippen molar-refractivity contribution < 1.29 is 4.79 Å². The summed E-state index contributed by atoms with van der Waals surface area (Å²) in [4.78, 5) is 14.7. The number of thiophene rings is 1. The Bertz CT molecular complexity index is 846. The summed E-state index contributed by atoms with van der Waals surface area (Å²) in [7, 11) is 0. The zero-order chi connectivity index (χ0) is 17.1. The van der Waals surface area contributed by atoms with Gasteiger partial charge in [0, 0.05) is 11.3 Å². The smallest absolute Gasteiger partial charge is 0.267 e. The van der Waals surface area contributed by atoms with E-state index in [0.29, 0.717) is 5.13 Å². The number of benzene rings is 1. The molecule has 0 saturated heterocycles. The lowest BCUT2D eigenvalue weighted by Gasteiger charge is -1.98. The third kappa shape index (κ3) is 3.96. The standard InChI is InChI=1S/C19H19N3OS2/c23-18(16-12-14-9-5-2-6-10-15(14)24-16)20-19-22-21-17(25-19)11-13-7-3-1-4-8-13/h1,3-4,7-8,12H,2,5-6,9-11H2,(H,20,22,23). The van der Waals surface area contributed by atoms with Gasteiger partial charge in [0.15, 0.2) is 0 Å². The molecule has 128 valence electrons. The minimum Gasteiger partial charge on any atom is -0.296 e. The molecule has 1 aliphatic carbocycles. The summed E-state index contributed by atoms with van der Waals surface area (Å²) in [6.45, 7) is 0. The molecule has 4 rings (SSSR count). The topological polar surface area (TPSA) is 54.9 Å². The van der Waals surface area contributed by atoms with Crippen molar-refractivity contribution in [2.45, 2.75) is 38.5 Å². The molecule has 0 atom stereocenters. The molecule has 2 heterocycles. The minimum atomic E-state index is -0.0690. The van der Waals surface area contributed by atoms with Gasteiger partial charge < -0.3 is 0 Å². The molecule has 2 aromatic heterocycles. The van der Waals surface area contributed by atoms with E-state index in [0.717, 1.165) is 29.1 Å². The number of rotatable bonds is 4. The summed E-state index contributed by atoms with van der Waals surface area (Å²) in [5, 5.41) is 12.7.